The lowest BCUT2D eigenvalue weighted by Crippen LogP contribution is -2.38. The van der Waals surface area contributed by atoms with Gasteiger partial charge >= 0.3 is 0 Å². The molecule has 3 nitrogen and oxygen atoms in total. The zero-order chi connectivity index (χ0) is 19.2. The molecule has 3 aromatic carbocycles. The molecule has 0 unspecified atom stereocenters. The number of aromatic hydroxyl groups is 1. The van der Waals surface area contributed by atoms with Gasteiger partial charge in [0.25, 0.3) is 0 Å². The first-order valence-corrected chi connectivity index (χ1v) is 9.56. The van der Waals surface area contributed by atoms with Crippen LogP contribution in [-0.2, 0) is 13.1 Å². The molecule has 0 heterocycles. The van der Waals surface area contributed by atoms with Crippen LogP contribution in [0.2, 0.25) is 0 Å². The Morgan fingerprint density at radius 3 is 2.22 bits per heavy atom. The standard InChI is InChI=1S/C21H18BrFN2OS/c22-18-11-12-20(26)17(13-18)15-24(19-9-5-2-6-10-19)21(27)25(23)14-16-7-3-1-4-8-16/h1-13,26H,14-15H2. The second-order valence-corrected chi connectivity index (χ2v) is 7.26. The van der Waals surface area contributed by atoms with Crippen molar-refractivity contribution in [3.8, 4) is 5.75 Å². The number of rotatable bonds is 5. The van der Waals surface area contributed by atoms with Crippen molar-refractivity contribution in [1.82, 2.24) is 5.12 Å². The number of phenols is 1. The molecule has 6 heteroatoms. The number of phenolic OH excluding ortho intramolecular Hbond substituents is 1. The van der Waals surface area contributed by atoms with Crippen molar-refractivity contribution in [2.45, 2.75) is 13.1 Å². The summed E-state index contributed by atoms with van der Waals surface area (Å²) in [6.45, 7) is 0.288. The maximum Gasteiger partial charge on any atom is 0.205 e. The lowest BCUT2D eigenvalue weighted by Gasteiger charge is -2.29. The monoisotopic (exact) mass is 444 g/mol. The molecule has 3 rings (SSSR count). The largest absolute Gasteiger partial charge is 0.508 e. The fourth-order valence-corrected chi connectivity index (χ4v) is 3.31. The highest BCUT2D eigenvalue weighted by atomic mass is 79.9. The van der Waals surface area contributed by atoms with Crippen LogP contribution in [-0.4, -0.2) is 15.3 Å². The minimum absolute atomic E-state index is 0.0319. The summed E-state index contributed by atoms with van der Waals surface area (Å²) in [6.07, 6.45) is 0. The number of para-hydroxylation sites is 1. The molecule has 0 aliphatic rings. The first-order chi connectivity index (χ1) is 13.0. The van der Waals surface area contributed by atoms with Gasteiger partial charge in [0.2, 0.25) is 5.11 Å². The second-order valence-electron chi connectivity index (χ2n) is 5.98. The van der Waals surface area contributed by atoms with Crippen LogP contribution in [0.4, 0.5) is 10.2 Å². The molecule has 0 saturated carbocycles. The average Bonchev–Trinajstić information content (AvgIpc) is 2.69. The lowest BCUT2D eigenvalue weighted by atomic mass is 10.1. The van der Waals surface area contributed by atoms with Crippen LogP contribution >= 0.6 is 28.1 Å². The van der Waals surface area contributed by atoms with Crippen LogP contribution in [0.15, 0.2) is 83.3 Å². The predicted molar refractivity (Wildman–Crippen MR) is 114 cm³/mol. The summed E-state index contributed by atoms with van der Waals surface area (Å²) in [5.74, 6) is 0.135. The van der Waals surface area contributed by atoms with E-state index in [9.17, 15) is 9.59 Å². The van der Waals surface area contributed by atoms with Crippen LogP contribution < -0.4 is 4.90 Å². The van der Waals surface area contributed by atoms with Gasteiger partial charge in [-0.15, -0.1) is 0 Å². The molecule has 0 aliphatic carbocycles. The topological polar surface area (TPSA) is 26.7 Å². The summed E-state index contributed by atoms with van der Waals surface area (Å²) < 4.78 is 15.7. The molecule has 138 valence electrons. The highest BCUT2D eigenvalue weighted by Gasteiger charge is 2.20. The van der Waals surface area contributed by atoms with E-state index in [0.29, 0.717) is 10.7 Å². The Labute approximate surface area is 171 Å². The first-order valence-electron chi connectivity index (χ1n) is 8.36. The van der Waals surface area contributed by atoms with Crippen molar-refractivity contribution < 1.29 is 9.59 Å². The van der Waals surface area contributed by atoms with Crippen LogP contribution in [0.3, 0.4) is 0 Å². The molecule has 27 heavy (non-hydrogen) atoms. The Morgan fingerprint density at radius 2 is 1.56 bits per heavy atom. The minimum Gasteiger partial charge on any atom is -0.508 e. The molecule has 0 aliphatic heterocycles. The van der Waals surface area contributed by atoms with E-state index in [-0.39, 0.29) is 24.0 Å². The Morgan fingerprint density at radius 1 is 0.926 bits per heavy atom. The molecular weight excluding hydrogens is 427 g/mol. The highest BCUT2D eigenvalue weighted by Crippen LogP contribution is 2.27. The van der Waals surface area contributed by atoms with Gasteiger partial charge in [-0.2, -0.15) is 5.12 Å². The number of benzene rings is 3. The summed E-state index contributed by atoms with van der Waals surface area (Å²) in [6, 6.07) is 23.8. The number of nitrogens with zero attached hydrogens (tertiary/aromatic N) is 2. The molecule has 0 aromatic heterocycles. The van der Waals surface area contributed by atoms with E-state index in [1.54, 1.807) is 23.1 Å². The molecule has 0 radical (unpaired) electrons. The van der Waals surface area contributed by atoms with Gasteiger partial charge in [0.1, 0.15) is 5.75 Å². The van der Waals surface area contributed by atoms with Gasteiger partial charge in [0.15, 0.2) is 0 Å². The van der Waals surface area contributed by atoms with E-state index in [1.807, 2.05) is 60.7 Å². The van der Waals surface area contributed by atoms with E-state index >= 15 is 0 Å². The number of hydrogen-bond acceptors (Lipinski definition) is 2. The van der Waals surface area contributed by atoms with Crippen LogP contribution in [0.5, 0.6) is 5.75 Å². The third-order valence-electron chi connectivity index (χ3n) is 4.04. The van der Waals surface area contributed by atoms with E-state index < -0.39 is 0 Å². The van der Waals surface area contributed by atoms with Crippen molar-refractivity contribution >= 4 is 38.9 Å². The smallest absolute Gasteiger partial charge is 0.205 e. The summed E-state index contributed by atoms with van der Waals surface area (Å²) in [4.78, 5) is 1.67. The average molecular weight is 445 g/mol. The van der Waals surface area contributed by atoms with Gasteiger partial charge in [0.05, 0.1) is 13.1 Å². The van der Waals surface area contributed by atoms with Gasteiger partial charge in [-0.3, -0.25) is 0 Å². The maximum absolute atomic E-state index is 14.9. The van der Waals surface area contributed by atoms with Crippen molar-refractivity contribution in [1.29, 1.82) is 0 Å². The van der Waals surface area contributed by atoms with Gasteiger partial charge in [0, 0.05) is 15.7 Å². The van der Waals surface area contributed by atoms with Crippen molar-refractivity contribution in [2.75, 3.05) is 4.90 Å². The number of anilines is 1. The van der Waals surface area contributed by atoms with Crippen LogP contribution in [0, 0.1) is 0 Å². The zero-order valence-corrected chi connectivity index (χ0v) is 16.8. The number of halogens is 2. The summed E-state index contributed by atoms with van der Waals surface area (Å²) in [5.41, 5.74) is 2.21. The maximum atomic E-state index is 14.9. The normalized spacial score (nSPS) is 10.4. The summed E-state index contributed by atoms with van der Waals surface area (Å²) in [5, 5.41) is 10.8. The second kappa shape index (κ2) is 8.97. The fraction of sp³-hybridized carbons (Fsp3) is 0.0952. The SMILES string of the molecule is Oc1ccc(Br)cc1CN(C(=S)N(F)Cc1ccccc1)c1ccccc1. The number of hydrogen-bond donors (Lipinski definition) is 1. The molecule has 0 amide bonds. The van der Waals surface area contributed by atoms with Gasteiger partial charge in [-0.25, -0.2) is 0 Å². The zero-order valence-electron chi connectivity index (χ0n) is 14.4. The quantitative estimate of drug-likeness (QED) is 0.395. The lowest BCUT2D eigenvalue weighted by molar-refractivity contribution is 0.113. The van der Waals surface area contributed by atoms with E-state index in [2.05, 4.69) is 15.9 Å². The fourth-order valence-electron chi connectivity index (χ4n) is 2.67. The van der Waals surface area contributed by atoms with E-state index in [0.717, 1.165) is 15.7 Å². The van der Waals surface area contributed by atoms with Gasteiger partial charge in [-0.1, -0.05) is 68.9 Å². The van der Waals surface area contributed by atoms with E-state index in [1.165, 1.54) is 0 Å². The molecular formula is C21H18BrFN2OS. The van der Waals surface area contributed by atoms with Crippen molar-refractivity contribution in [2.24, 2.45) is 0 Å². The molecule has 0 fully saturated rings. The third kappa shape index (κ3) is 5.05. The minimum atomic E-state index is 0.0319. The molecule has 3 aromatic rings. The van der Waals surface area contributed by atoms with Crippen LogP contribution in [0.25, 0.3) is 0 Å². The highest BCUT2D eigenvalue weighted by molar-refractivity contribution is 9.10. The van der Waals surface area contributed by atoms with E-state index in [4.69, 9.17) is 12.2 Å². The molecule has 0 atom stereocenters. The Bertz CT molecular complexity index is 909. The summed E-state index contributed by atoms with van der Waals surface area (Å²) in [7, 11) is 0. The van der Waals surface area contributed by atoms with Gasteiger partial charge < -0.3 is 10.0 Å². The molecule has 0 spiro atoms. The first kappa shape index (κ1) is 19.3. The molecule has 0 saturated heterocycles. The Hall–Kier alpha value is -2.44. The van der Waals surface area contributed by atoms with Crippen molar-refractivity contribution in [3.63, 3.8) is 0 Å². The molecule has 0 bridgehead atoms. The predicted octanol–water partition coefficient (Wildman–Crippen LogP) is 5.83. The third-order valence-corrected chi connectivity index (χ3v) is 4.95. The van der Waals surface area contributed by atoms with Crippen LogP contribution in [0.1, 0.15) is 11.1 Å². The number of thiocarbonyl (C=S) groups is 1. The molecule has 1 N–H and O–H groups in total. The Balaban J connectivity index is 1.87. The Kier molecular flexibility index (Phi) is 6.42. The van der Waals surface area contributed by atoms with Crippen molar-refractivity contribution in [3.05, 3.63) is 94.5 Å². The van der Waals surface area contributed by atoms with Gasteiger partial charge in [-0.05, 0) is 48.1 Å². The summed E-state index contributed by atoms with van der Waals surface area (Å²) >= 11 is 8.84.